The summed E-state index contributed by atoms with van der Waals surface area (Å²) in [7, 11) is 0. The highest BCUT2D eigenvalue weighted by atomic mass is 16.6. The van der Waals surface area contributed by atoms with Crippen LogP contribution in [0, 0.1) is 0 Å². The number of ether oxygens (including phenoxy) is 1. The molecule has 2 atom stereocenters. The molecule has 0 spiro atoms. The first-order valence-corrected chi connectivity index (χ1v) is 8.87. The number of alkyl carbamates (subject to hydrolysis) is 1. The molecule has 6 heteroatoms. The topological polar surface area (TPSA) is 90.8 Å². The van der Waals surface area contributed by atoms with Crippen molar-refractivity contribution in [1.29, 1.82) is 0 Å². The van der Waals surface area contributed by atoms with Gasteiger partial charge in [-0.1, -0.05) is 19.8 Å². The van der Waals surface area contributed by atoms with Gasteiger partial charge in [0.2, 0.25) is 0 Å². The van der Waals surface area contributed by atoms with Crippen molar-refractivity contribution >= 4 is 6.09 Å². The summed E-state index contributed by atoms with van der Waals surface area (Å²) in [6.45, 7) is 9.94. The molecule has 1 amide bonds. The van der Waals surface area contributed by atoms with Crippen LogP contribution in [0.15, 0.2) is 18.2 Å². The average Bonchev–Trinajstić information content (AvgIpc) is 2.50. The standard InChI is InChI=1S/C19H32N2O4/c1-6-7-8-14(12-20-18(24)25-19(3,4)5)21-13(2)16-11-15(22)9-10-17(16)23/h9-11,13-14,21-23H,6-8,12H2,1-5H3,(H,20,24). The summed E-state index contributed by atoms with van der Waals surface area (Å²) in [5.74, 6) is 0.241. The van der Waals surface area contributed by atoms with E-state index in [1.165, 1.54) is 12.1 Å². The van der Waals surface area contributed by atoms with Gasteiger partial charge in [0.15, 0.2) is 0 Å². The molecular formula is C19H32N2O4. The highest BCUT2D eigenvalue weighted by Gasteiger charge is 2.19. The van der Waals surface area contributed by atoms with Crippen molar-refractivity contribution in [2.75, 3.05) is 6.54 Å². The summed E-state index contributed by atoms with van der Waals surface area (Å²) in [5.41, 5.74) is 0.0932. The molecule has 142 valence electrons. The molecule has 25 heavy (non-hydrogen) atoms. The zero-order valence-electron chi connectivity index (χ0n) is 15.9. The van der Waals surface area contributed by atoms with Crippen LogP contribution in [-0.2, 0) is 4.74 Å². The Kier molecular flexibility index (Phi) is 8.03. The number of benzene rings is 1. The Morgan fingerprint density at radius 1 is 1.28 bits per heavy atom. The van der Waals surface area contributed by atoms with E-state index in [9.17, 15) is 15.0 Å². The van der Waals surface area contributed by atoms with E-state index in [4.69, 9.17) is 4.74 Å². The van der Waals surface area contributed by atoms with Gasteiger partial charge in [0.1, 0.15) is 17.1 Å². The molecule has 1 aromatic carbocycles. The average molecular weight is 352 g/mol. The molecule has 6 nitrogen and oxygen atoms in total. The Hall–Kier alpha value is -1.95. The van der Waals surface area contributed by atoms with Crippen LogP contribution in [0.5, 0.6) is 11.5 Å². The number of phenolic OH excluding ortho intramolecular Hbond substituents is 2. The van der Waals surface area contributed by atoms with Gasteiger partial charge in [-0.3, -0.25) is 0 Å². The first-order valence-electron chi connectivity index (χ1n) is 8.87. The largest absolute Gasteiger partial charge is 0.508 e. The van der Waals surface area contributed by atoms with Crippen LogP contribution < -0.4 is 10.6 Å². The van der Waals surface area contributed by atoms with Gasteiger partial charge in [-0.05, 0) is 52.3 Å². The molecule has 2 unspecified atom stereocenters. The third-order valence-electron chi connectivity index (χ3n) is 3.76. The third kappa shape index (κ3) is 8.12. The molecule has 0 aliphatic heterocycles. The van der Waals surface area contributed by atoms with Crippen LogP contribution in [0.3, 0.4) is 0 Å². The Bertz CT molecular complexity index is 555. The van der Waals surface area contributed by atoms with E-state index in [1.54, 1.807) is 6.07 Å². The number of amides is 1. The smallest absolute Gasteiger partial charge is 0.407 e. The van der Waals surface area contributed by atoms with Crippen LogP contribution in [0.4, 0.5) is 4.79 Å². The van der Waals surface area contributed by atoms with E-state index in [-0.39, 0.29) is 23.6 Å². The molecule has 0 aliphatic carbocycles. The van der Waals surface area contributed by atoms with E-state index >= 15 is 0 Å². The first-order chi connectivity index (χ1) is 11.6. The van der Waals surface area contributed by atoms with Gasteiger partial charge in [-0.2, -0.15) is 0 Å². The van der Waals surface area contributed by atoms with Gasteiger partial charge in [0.25, 0.3) is 0 Å². The van der Waals surface area contributed by atoms with Crippen LogP contribution in [0.2, 0.25) is 0 Å². The van der Waals surface area contributed by atoms with Crippen molar-refractivity contribution in [3.05, 3.63) is 23.8 Å². The lowest BCUT2D eigenvalue weighted by atomic mass is 10.0. The Morgan fingerprint density at radius 2 is 1.96 bits per heavy atom. The number of carbonyl (C=O) groups excluding carboxylic acids is 1. The van der Waals surface area contributed by atoms with Gasteiger partial charge in [-0.15, -0.1) is 0 Å². The maximum Gasteiger partial charge on any atom is 0.407 e. The van der Waals surface area contributed by atoms with Crippen LogP contribution in [0.25, 0.3) is 0 Å². The molecule has 0 aromatic heterocycles. The van der Waals surface area contributed by atoms with Crippen LogP contribution in [0.1, 0.15) is 65.5 Å². The van der Waals surface area contributed by atoms with Gasteiger partial charge >= 0.3 is 6.09 Å². The van der Waals surface area contributed by atoms with Crippen molar-refractivity contribution in [2.45, 2.75) is 71.6 Å². The van der Waals surface area contributed by atoms with Gasteiger partial charge in [-0.25, -0.2) is 4.79 Å². The van der Waals surface area contributed by atoms with Crippen LogP contribution >= 0.6 is 0 Å². The monoisotopic (exact) mass is 352 g/mol. The number of aromatic hydroxyl groups is 2. The maximum absolute atomic E-state index is 11.9. The van der Waals surface area contributed by atoms with Crippen molar-refractivity contribution in [1.82, 2.24) is 10.6 Å². The summed E-state index contributed by atoms with van der Waals surface area (Å²) >= 11 is 0. The molecule has 0 heterocycles. The molecule has 4 N–H and O–H groups in total. The molecule has 0 aliphatic rings. The lowest BCUT2D eigenvalue weighted by molar-refractivity contribution is 0.0521. The minimum absolute atomic E-state index is 0.0317. The summed E-state index contributed by atoms with van der Waals surface area (Å²) < 4.78 is 5.27. The van der Waals surface area contributed by atoms with Crippen molar-refractivity contribution in [3.8, 4) is 11.5 Å². The van der Waals surface area contributed by atoms with Gasteiger partial charge in [0.05, 0.1) is 0 Å². The fourth-order valence-electron chi connectivity index (χ4n) is 2.55. The fourth-order valence-corrected chi connectivity index (χ4v) is 2.55. The number of carbonyl (C=O) groups is 1. The lowest BCUT2D eigenvalue weighted by Gasteiger charge is -2.26. The van der Waals surface area contributed by atoms with Crippen molar-refractivity contribution < 1.29 is 19.7 Å². The summed E-state index contributed by atoms with van der Waals surface area (Å²) in [5, 5.41) is 25.8. The molecule has 1 aromatic rings. The SMILES string of the molecule is CCCCC(CNC(=O)OC(C)(C)C)NC(C)c1cc(O)ccc1O. The zero-order chi connectivity index (χ0) is 19.0. The summed E-state index contributed by atoms with van der Waals surface area (Å²) in [4.78, 5) is 11.9. The number of hydrogen-bond acceptors (Lipinski definition) is 5. The molecular weight excluding hydrogens is 320 g/mol. The van der Waals surface area contributed by atoms with Crippen molar-refractivity contribution in [2.24, 2.45) is 0 Å². The normalized spacial score (nSPS) is 14.0. The molecule has 0 fully saturated rings. The maximum atomic E-state index is 11.9. The highest BCUT2D eigenvalue weighted by molar-refractivity contribution is 5.67. The van der Waals surface area contributed by atoms with Crippen molar-refractivity contribution in [3.63, 3.8) is 0 Å². The lowest BCUT2D eigenvalue weighted by Crippen LogP contribution is -2.43. The number of nitrogens with one attached hydrogen (secondary N) is 2. The van der Waals surface area contributed by atoms with Gasteiger partial charge < -0.3 is 25.6 Å². The van der Waals surface area contributed by atoms with E-state index in [0.29, 0.717) is 12.1 Å². The zero-order valence-corrected chi connectivity index (χ0v) is 15.9. The number of unbranched alkanes of at least 4 members (excludes halogenated alkanes) is 1. The highest BCUT2D eigenvalue weighted by Crippen LogP contribution is 2.28. The Labute approximate surface area is 150 Å². The molecule has 0 saturated carbocycles. The summed E-state index contributed by atoms with van der Waals surface area (Å²) in [6, 6.07) is 4.33. The molecule has 0 radical (unpaired) electrons. The number of phenols is 2. The number of rotatable bonds is 8. The van der Waals surface area contributed by atoms with E-state index < -0.39 is 11.7 Å². The molecule has 0 bridgehead atoms. The fraction of sp³-hybridized carbons (Fsp3) is 0.632. The molecule has 0 saturated heterocycles. The predicted molar refractivity (Wildman–Crippen MR) is 98.9 cm³/mol. The second kappa shape index (κ2) is 9.51. The minimum Gasteiger partial charge on any atom is -0.508 e. The quantitative estimate of drug-likeness (QED) is 0.534. The predicted octanol–water partition coefficient (Wildman–Crippen LogP) is 3.83. The second-order valence-electron chi connectivity index (χ2n) is 7.35. The number of hydrogen-bond donors (Lipinski definition) is 4. The van der Waals surface area contributed by atoms with E-state index in [2.05, 4.69) is 17.6 Å². The summed E-state index contributed by atoms with van der Waals surface area (Å²) in [6.07, 6.45) is 2.52. The van der Waals surface area contributed by atoms with Gasteiger partial charge in [0, 0.05) is 24.2 Å². The van der Waals surface area contributed by atoms with Crippen LogP contribution in [-0.4, -0.2) is 34.5 Å². The second-order valence-corrected chi connectivity index (χ2v) is 7.35. The van der Waals surface area contributed by atoms with E-state index in [1.807, 2.05) is 27.7 Å². The minimum atomic E-state index is -0.531. The van der Waals surface area contributed by atoms with E-state index in [0.717, 1.165) is 19.3 Å². The Balaban J connectivity index is 2.68. The molecule has 1 rings (SSSR count). The third-order valence-corrected chi connectivity index (χ3v) is 3.76. The Morgan fingerprint density at radius 3 is 2.56 bits per heavy atom. The first kappa shape index (κ1) is 21.1.